The number of amides is 1. The van der Waals surface area contributed by atoms with E-state index in [0.29, 0.717) is 37.8 Å². The van der Waals surface area contributed by atoms with Gasteiger partial charge in [-0.1, -0.05) is 20.8 Å². The normalized spacial score (nSPS) is 31.3. The van der Waals surface area contributed by atoms with Gasteiger partial charge in [-0.2, -0.15) is 0 Å². The fourth-order valence-electron chi connectivity index (χ4n) is 6.00. The van der Waals surface area contributed by atoms with Crippen LogP contribution in [-0.4, -0.2) is 53.9 Å². The van der Waals surface area contributed by atoms with Crippen LogP contribution in [-0.2, 0) is 20.4 Å². The molecule has 0 radical (unpaired) electrons. The fraction of sp³-hybridized carbons (Fsp3) is 0.591. The molecule has 29 heavy (non-hydrogen) atoms. The first-order chi connectivity index (χ1) is 13.9. The smallest absolute Gasteiger partial charge is 0.235 e. The minimum absolute atomic E-state index is 0.183. The van der Waals surface area contributed by atoms with Gasteiger partial charge in [0.2, 0.25) is 12.7 Å². The number of ether oxygens (including phenoxy) is 3. The molecule has 1 aromatic heterocycles. The summed E-state index contributed by atoms with van der Waals surface area (Å²) in [6.07, 6.45) is 1.75. The van der Waals surface area contributed by atoms with Crippen molar-refractivity contribution < 1.29 is 19.0 Å². The molecule has 2 aliphatic heterocycles. The average Bonchev–Trinajstić information content (AvgIpc) is 3.30. The lowest BCUT2D eigenvalue weighted by Crippen LogP contribution is -2.55. The number of nitrogens with zero attached hydrogens (tertiary/aromatic N) is 3. The first kappa shape index (κ1) is 17.4. The van der Waals surface area contributed by atoms with Gasteiger partial charge in [-0.05, 0) is 18.3 Å². The fourth-order valence-corrected chi connectivity index (χ4v) is 6.00. The van der Waals surface area contributed by atoms with Gasteiger partial charge in [-0.25, -0.2) is 9.97 Å². The highest BCUT2D eigenvalue weighted by molar-refractivity contribution is 5.93. The molecule has 2 aliphatic carbocycles. The molecule has 152 valence electrons. The standard InChI is InChI=1S/C22H25N3O4/c1-20(2)21(3)4-5-22(20,19(26)25-6-8-27-9-7-25)18-17(21)23-13-10-15-16(29-12-28-15)11-14(13)24-18/h10-11H,4-9,12H2,1-3H3. The predicted octanol–water partition coefficient (Wildman–Crippen LogP) is 2.55. The first-order valence-corrected chi connectivity index (χ1v) is 10.4. The van der Waals surface area contributed by atoms with E-state index in [-0.39, 0.29) is 23.5 Å². The molecule has 2 atom stereocenters. The van der Waals surface area contributed by atoms with Crippen LogP contribution in [0.5, 0.6) is 11.5 Å². The second kappa shape index (κ2) is 5.39. The third-order valence-electron chi connectivity index (χ3n) is 8.20. The van der Waals surface area contributed by atoms with Crippen LogP contribution in [0.4, 0.5) is 0 Å². The first-order valence-electron chi connectivity index (χ1n) is 10.4. The van der Waals surface area contributed by atoms with Crippen LogP contribution in [0.1, 0.15) is 45.0 Å². The van der Waals surface area contributed by atoms with Crippen LogP contribution in [0.25, 0.3) is 11.0 Å². The lowest BCUT2D eigenvalue weighted by Gasteiger charge is -2.43. The number of benzene rings is 1. The minimum Gasteiger partial charge on any atom is -0.454 e. The summed E-state index contributed by atoms with van der Waals surface area (Å²) in [5, 5.41) is 0. The summed E-state index contributed by atoms with van der Waals surface area (Å²) in [6, 6.07) is 3.79. The van der Waals surface area contributed by atoms with Crippen LogP contribution >= 0.6 is 0 Å². The van der Waals surface area contributed by atoms with Gasteiger partial charge < -0.3 is 19.1 Å². The molecule has 1 aromatic carbocycles. The van der Waals surface area contributed by atoms with Gasteiger partial charge in [0.15, 0.2) is 11.5 Å². The van der Waals surface area contributed by atoms with Crippen molar-refractivity contribution in [1.82, 2.24) is 14.9 Å². The molecule has 7 heteroatoms. The van der Waals surface area contributed by atoms with E-state index in [2.05, 4.69) is 20.8 Å². The molecule has 0 spiro atoms. The number of carbonyl (C=O) groups is 1. The average molecular weight is 395 g/mol. The van der Waals surface area contributed by atoms with Crippen molar-refractivity contribution in [2.24, 2.45) is 5.41 Å². The molecular weight excluding hydrogens is 370 g/mol. The number of hydrogen-bond donors (Lipinski definition) is 0. The lowest BCUT2D eigenvalue weighted by molar-refractivity contribution is -0.145. The van der Waals surface area contributed by atoms with Gasteiger partial charge in [0, 0.05) is 30.6 Å². The highest BCUT2D eigenvalue weighted by atomic mass is 16.7. The van der Waals surface area contributed by atoms with Crippen molar-refractivity contribution in [2.45, 2.75) is 44.4 Å². The molecule has 2 bridgehead atoms. The Morgan fingerprint density at radius 2 is 1.59 bits per heavy atom. The van der Waals surface area contributed by atoms with E-state index in [1.165, 1.54) is 0 Å². The van der Waals surface area contributed by atoms with Crippen molar-refractivity contribution in [3.63, 3.8) is 0 Å². The SMILES string of the molecule is CC12CCC(C(=O)N3CCOCC3)(c3nc4cc5c(cc4nc31)OCO5)C2(C)C. The van der Waals surface area contributed by atoms with Crippen LogP contribution in [0.15, 0.2) is 12.1 Å². The summed E-state index contributed by atoms with van der Waals surface area (Å²) in [6.45, 7) is 9.39. The Bertz CT molecular complexity index is 1060. The molecule has 6 rings (SSSR count). The highest BCUT2D eigenvalue weighted by Crippen LogP contribution is 2.70. The van der Waals surface area contributed by atoms with E-state index in [4.69, 9.17) is 24.2 Å². The maximum Gasteiger partial charge on any atom is 0.235 e. The van der Waals surface area contributed by atoms with Crippen molar-refractivity contribution in [2.75, 3.05) is 33.1 Å². The number of aromatic nitrogens is 2. The molecule has 3 heterocycles. The Balaban J connectivity index is 1.58. The maximum absolute atomic E-state index is 14.0. The Morgan fingerprint density at radius 1 is 0.966 bits per heavy atom. The van der Waals surface area contributed by atoms with E-state index in [0.717, 1.165) is 35.3 Å². The van der Waals surface area contributed by atoms with Crippen molar-refractivity contribution in [1.29, 1.82) is 0 Å². The molecule has 2 unspecified atom stereocenters. The van der Waals surface area contributed by atoms with Gasteiger partial charge in [0.05, 0.1) is 41.1 Å². The zero-order chi connectivity index (χ0) is 20.0. The number of hydrogen-bond acceptors (Lipinski definition) is 6. The quantitative estimate of drug-likeness (QED) is 0.739. The highest BCUT2D eigenvalue weighted by Gasteiger charge is 2.73. The summed E-state index contributed by atoms with van der Waals surface area (Å²) >= 11 is 0. The van der Waals surface area contributed by atoms with Gasteiger partial charge >= 0.3 is 0 Å². The van der Waals surface area contributed by atoms with Gasteiger partial charge in [-0.3, -0.25) is 4.79 Å². The summed E-state index contributed by atoms with van der Waals surface area (Å²) < 4.78 is 16.5. The molecule has 1 amide bonds. The molecule has 7 nitrogen and oxygen atoms in total. The van der Waals surface area contributed by atoms with Gasteiger partial charge in [0.1, 0.15) is 0 Å². The van der Waals surface area contributed by atoms with E-state index in [1.807, 2.05) is 17.0 Å². The van der Waals surface area contributed by atoms with Crippen LogP contribution in [0, 0.1) is 5.41 Å². The monoisotopic (exact) mass is 395 g/mol. The van der Waals surface area contributed by atoms with E-state index in [9.17, 15) is 4.79 Å². The minimum atomic E-state index is -0.647. The van der Waals surface area contributed by atoms with Crippen molar-refractivity contribution in [3.8, 4) is 11.5 Å². The molecule has 0 N–H and O–H groups in total. The topological polar surface area (TPSA) is 73.8 Å². The van der Waals surface area contributed by atoms with E-state index < -0.39 is 5.41 Å². The van der Waals surface area contributed by atoms with Crippen molar-refractivity contribution in [3.05, 3.63) is 23.5 Å². The third kappa shape index (κ3) is 1.90. The molecule has 1 saturated heterocycles. The molecular formula is C22H25N3O4. The summed E-state index contributed by atoms with van der Waals surface area (Å²) in [5.41, 5.74) is 2.28. The molecule has 2 fully saturated rings. The third-order valence-corrected chi connectivity index (χ3v) is 8.20. The lowest BCUT2D eigenvalue weighted by atomic mass is 9.63. The van der Waals surface area contributed by atoms with Gasteiger partial charge in [0.25, 0.3) is 0 Å². The second-order valence-electron chi connectivity index (χ2n) is 9.38. The zero-order valence-electron chi connectivity index (χ0n) is 17.1. The van der Waals surface area contributed by atoms with E-state index >= 15 is 0 Å². The number of fused-ring (bicyclic) bond motifs is 7. The maximum atomic E-state index is 14.0. The molecule has 4 aliphatic rings. The molecule has 2 aromatic rings. The van der Waals surface area contributed by atoms with Crippen molar-refractivity contribution >= 4 is 16.9 Å². The molecule has 1 saturated carbocycles. The summed E-state index contributed by atoms with van der Waals surface area (Å²) in [7, 11) is 0. The predicted molar refractivity (Wildman–Crippen MR) is 105 cm³/mol. The largest absolute Gasteiger partial charge is 0.454 e. The Labute approximate surface area is 169 Å². The number of morpholine rings is 1. The van der Waals surface area contributed by atoms with Crippen LogP contribution in [0.2, 0.25) is 0 Å². The van der Waals surface area contributed by atoms with E-state index in [1.54, 1.807) is 0 Å². The Hall–Kier alpha value is -2.41. The number of carbonyl (C=O) groups excluding carboxylic acids is 1. The van der Waals surface area contributed by atoms with Crippen LogP contribution in [0.3, 0.4) is 0 Å². The Morgan fingerprint density at radius 3 is 2.24 bits per heavy atom. The Kier molecular flexibility index (Phi) is 3.24. The zero-order valence-corrected chi connectivity index (χ0v) is 17.1. The summed E-state index contributed by atoms with van der Waals surface area (Å²) in [4.78, 5) is 26.1. The van der Waals surface area contributed by atoms with Crippen LogP contribution < -0.4 is 9.47 Å². The summed E-state index contributed by atoms with van der Waals surface area (Å²) in [5.74, 6) is 1.58. The second-order valence-corrected chi connectivity index (χ2v) is 9.38. The number of rotatable bonds is 1. The van der Waals surface area contributed by atoms with Gasteiger partial charge in [-0.15, -0.1) is 0 Å².